The van der Waals surface area contributed by atoms with Crippen LogP contribution < -0.4 is 10.6 Å². The third-order valence-corrected chi connectivity index (χ3v) is 9.95. The quantitative estimate of drug-likeness (QED) is 0.113. The lowest BCUT2D eigenvalue weighted by Crippen LogP contribution is -2.30. The van der Waals surface area contributed by atoms with E-state index in [4.69, 9.17) is 4.74 Å². The molecule has 1 aliphatic heterocycles. The minimum absolute atomic E-state index is 0.0214. The Balaban J connectivity index is 1.39. The maximum Gasteiger partial charge on any atom is 0.341 e. The Bertz CT molecular complexity index is 1610. The Morgan fingerprint density at radius 1 is 0.956 bits per heavy atom. The van der Waals surface area contributed by atoms with Crippen molar-refractivity contribution in [2.24, 2.45) is 0 Å². The summed E-state index contributed by atoms with van der Waals surface area (Å²) in [6, 6.07) is 27.5. The topological polar surface area (TPSA) is 87.7 Å². The van der Waals surface area contributed by atoms with Gasteiger partial charge in [-0.15, -0.1) is 23.1 Å². The minimum Gasteiger partial charge on any atom is -0.462 e. The molecule has 0 saturated heterocycles. The summed E-state index contributed by atoms with van der Waals surface area (Å²) < 4.78 is 5.47. The summed E-state index contributed by atoms with van der Waals surface area (Å²) in [6.45, 7) is 6.43. The summed E-state index contributed by atoms with van der Waals surface area (Å²) >= 11 is 2.87. The number of ether oxygens (including phenoxy) is 1. The molecule has 5 rings (SSSR count). The number of unbranched alkanes of at least 4 members (excludes halogenated alkanes) is 1. The van der Waals surface area contributed by atoms with Crippen LogP contribution in [0.15, 0.2) is 89.8 Å². The molecule has 3 aromatic carbocycles. The number of carbonyl (C=O) groups is 3. The van der Waals surface area contributed by atoms with Crippen molar-refractivity contribution in [1.29, 1.82) is 0 Å². The van der Waals surface area contributed by atoms with Crippen LogP contribution in [0.25, 0.3) is 0 Å². The summed E-state index contributed by atoms with van der Waals surface area (Å²) in [5.41, 5.74) is 4.21. The molecule has 0 aliphatic carbocycles. The van der Waals surface area contributed by atoms with E-state index in [9.17, 15) is 14.4 Å². The largest absolute Gasteiger partial charge is 0.462 e. The standard InChI is InChI=1S/C36H39N3O4S2/c1-3-5-19-31(40)37-27-17-12-18-28(22-27)44-33(26-15-10-7-11-16-26)34(41)38-35-32(36(42)43-4-2)29-20-21-39(24-30(29)45-35)23-25-13-8-6-9-14-25/h6-18,22,33H,3-5,19-21,23-24H2,1-2H3,(H,37,40)(H,38,41). The number of rotatable bonds is 13. The van der Waals surface area contributed by atoms with E-state index in [1.807, 2.05) is 72.8 Å². The van der Waals surface area contributed by atoms with Crippen molar-refractivity contribution in [3.05, 3.63) is 112 Å². The SMILES string of the molecule is CCCCC(=O)Nc1cccc(SC(C(=O)Nc2sc3c(c2C(=O)OCC)CCN(Cc2ccccc2)C3)c2ccccc2)c1. The second kappa shape index (κ2) is 15.9. The van der Waals surface area contributed by atoms with Gasteiger partial charge < -0.3 is 15.4 Å². The number of carbonyl (C=O) groups excluding carboxylic acids is 3. The minimum atomic E-state index is -0.596. The van der Waals surface area contributed by atoms with E-state index in [2.05, 4.69) is 34.6 Å². The predicted octanol–water partition coefficient (Wildman–Crippen LogP) is 8.08. The lowest BCUT2D eigenvalue weighted by Gasteiger charge is -2.27. The molecule has 1 atom stereocenters. The van der Waals surface area contributed by atoms with Crippen LogP contribution in [0.5, 0.6) is 0 Å². The van der Waals surface area contributed by atoms with Crippen LogP contribution in [-0.4, -0.2) is 35.8 Å². The van der Waals surface area contributed by atoms with Crippen LogP contribution in [0.3, 0.4) is 0 Å². The first-order valence-electron chi connectivity index (χ1n) is 15.5. The van der Waals surface area contributed by atoms with E-state index in [-0.39, 0.29) is 18.4 Å². The van der Waals surface area contributed by atoms with Crippen molar-refractivity contribution in [2.75, 3.05) is 23.8 Å². The van der Waals surface area contributed by atoms with Gasteiger partial charge in [0.05, 0.1) is 12.2 Å². The molecule has 4 aromatic rings. The molecule has 0 bridgehead atoms. The number of thioether (sulfide) groups is 1. The maximum absolute atomic E-state index is 14.1. The summed E-state index contributed by atoms with van der Waals surface area (Å²) in [5, 5.41) is 6.04. The summed E-state index contributed by atoms with van der Waals surface area (Å²) in [6.07, 6.45) is 2.96. The number of anilines is 2. The molecule has 0 saturated carbocycles. The zero-order chi connectivity index (χ0) is 31.6. The highest BCUT2D eigenvalue weighted by Crippen LogP contribution is 2.41. The van der Waals surface area contributed by atoms with Crippen molar-refractivity contribution < 1.29 is 19.1 Å². The monoisotopic (exact) mass is 641 g/mol. The number of fused-ring (bicyclic) bond motifs is 1. The lowest BCUT2D eigenvalue weighted by molar-refractivity contribution is -0.116. The Hall–Kier alpha value is -3.92. The number of hydrogen-bond acceptors (Lipinski definition) is 7. The zero-order valence-electron chi connectivity index (χ0n) is 25.7. The van der Waals surface area contributed by atoms with Crippen LogP contribution >= 0.6 is 23.1 Å². The molecule has 1 unspecified atom stereocenters. The van der Waals surface area contributed by atoms with Gasteiger partial charge in [0.25, 0.3) is 0 Å². The molecule has 9 heteroatoms. The van der Waals surface area contributed by atoms with Crippen molar-refractivity contribution in [3.8, 4) is 0 Å². The molecule has 7 nitrogen and oxygen atoms in total. The third-order valence-electron chi connectivity index (χ3n) is 7.57. The van der Waals surface area contributed by atoms with Gasteiger partial charge in [-0.2, -0.15) is 0 Å². The molecule has 1 aliphatic rings. The van der Waals surface area contributed by atoms with Gasteiger partial charge in [-0.05, 0) is 54.7 Å². The second-order valence-corrected chi connectivity index (χ2v) is 13.2. The van der Waals surface area contributed by atoms with Gasteiger partial charge in [-0.25, -0.2) is 4.79 Å². The number of nitrogens with one attached hydrogen (secondary N) is 2. The van der Waals surface area contributed by atoms with Gasteiger partial charge in [-0.3, -0.25) is 14.5 Å². The van der Waals surface area contributed by atoms with E-state index < -0.39 is 11.2 Å². The molecule has 0 spiro atoms. The fourth-order valence-corrected chi connectivity index (χ4v) is 7.73. The van der Waals surface area contributed by atoms with E-state index in [1.165, 1.54) is 28.7 Å². The first kappa shape index (κ1) is 32.5. The smallest absolute Gasteiger partial charge is 0.341 e. The van der Waals surface area contributed by atoms with Gasteiger partial charge in [0.2, 0.25) is 11.8 Å². The second-order valence-electron chi connectivity index (χ2n) is 11.0. The molecular formula is C36H39N3O4S2. The predicted molar refractivity (Wildman–Crippen MR) is 183 cm³/mol. The molecule has 2 amide bonds. The van der Waals surface area contributed by atoms with Crippen LogP contribution in [0, 0.1) is 0 Å². The zero-order valence-corrected chi connectivity index (χ0v) is 27.3. The van der Waals surface area contributed by atoms with E-state index in [1.54, 1.807) is 6.92 Å². The number of hydrogen-bond donors (Lipinski definition) is 2. The number of amides is 2. The Morgan fingerprint density at radius 3 is 2.44 bits per heavy atom. The fourth-order valence-electron chi connectivity index (χ4n) is 5.36. The molecular weight excluding hydrogens is 603 g/mol. The summed E-state index contributed by atoms with van der Waals surface area (Å²) in [4.78, 5) is 44.0. The summed E-state index contributed by atoms with van der Waals surface area (Å²) in [5.74, 6) is -0.655. The third kappa shape index (κ3) is 8.63. The average Bonchev–Trinajstić information content (AvgIpc) is 3.40. The Labute approximate surface area is 273 Å². The van der Waals surface area contributed by atoms with Crippen LogP contribution in [0.2, 0.25) is 0 Å². The van der Waals surface area contributed by atoms with Crippen LogP contribution in [0.4, 0.5) is 10.7 Å². The molecule has 0 radical (unpaired) electrons. The van der Waals surface area contributed by atoms with Gasteiger partial charge in [0.15, 0.2) is 0 Å². The molecule has 2 heterocycles. The van der Waals surface area contributed by atoms with E-state index in [0.717, 1.165) is 46.8 Å². The number of benzene rings is 3. The number of esters is 1. The van der Waals surface area contributed by atoms with Crippen molar-refractivity contribution in [3.63, 3.8) is 0 Å². The normalized spacial score (nSPS) is 13.5. The molecule has 234 valence electrons. The first-order chi connectivity index (χ1) is 21.9. The molecule has 2 N–H and O–H groups in total. The Morgan fingerprint density at radius 2 is 1.71 bits per heavy atom. The van der Waals surface area contributed by atoms with Gasteiger partial charge in [-0.1, -0.05) is 80.1 Å². The van der Waals surface area contributed by atoms with Gasteiger partial charge in [0, 0.05) is 41.5 Å². The van der Waals surface area contributed by atoms with Crippen molar-refractivity contribution in [2.45, 2.75) is 62.8 Å². The highest BCUT2D eigenvalue weighted by Gasteiger charge is 2.31. The number of nitrogens with zero attached hydrogens (tertiary/aromatic N) is 1. The van der Waals surface area contributed by atoms with E-state index in [0.29, 0.717) is 35.6 Å². The van der Waals surface area contributed by atoms with Gasteiger partial charge in [0.1, 0.15) is 10.3 Å². The highest BCUT2D eigenvalue weighted by atomic mass is 32.2. The van der Waals surface area contributed by atoms with Crippen LogP contribution in [-0.2, 0) is 33.8 Å². The maximum atomic E-state index is 14.1. The molecule has 0 fully saturated rings. The fraction of sp³-hybridized carbons (Fsp3) is 0.306. The highest BCUT2D eigenvalue weighted by molar-refractivity contribution is 8.00. The van der Waals surface area contributed by atoms with Gasteiger partial charge >= 0.3 is 5.97 Å². The van der Waals surface area contributed by atoms with E-state index >= 15 is 0 Å². The van der Waals surface area contributed by atoms with Crippen LogP contribution in [0.1, 0.15) is 70.3 Å². The first-order valence-corrected chi connectivity index (χ1v) is 17.1. The van der Waals surface area contributed by atoms with Crippen molar-refractivity contribution in [1.82, 2.24) is 4.90 Å². The average molecular weight is 642 g/mol. The van der Waals surface area contributed by atoms with Crippen molar-refractivity contribution >= 4 is 51.6 Å². The lowest BCUT2D eigenvalue weighted by atomic mass is 10.0. The molecule has 1 aromatic heterocycles. The Kier molecular flexibility index (Phi) is 11.5. The summed E-state index contributed by atoms with van der Waals surface area (Å²) in [7, 11) is 0. The molecule has 45 heavy (non-hydrogen) atoms. The number of thiophene rings is 1.